The molecule has 0 bridgehead atoms. The van der Waals surface area contributed by atoms with Gasteiger partial charge in [-0.05, 0) is 53.9 Å². The largest absolute Gasteiger partial charge is 0.322 e. The molecule has 4 aromatic rings. The first-order chi connectivity index (χ1) is 13.1. The molecule has 0 fully saturated rings. The fourth-order valence-corrected chi connectivity index (χ4v) is 3.02. The zero-order valence-corrected chi connectivity index (χ0v) is 14.7. The molecular formula is C21H13ClFN3O. The molecule has 0 spiro atoms. The second-order valence-electron chi connectivity index (χ2n) is 5.92. The van der Waals surface area contributed by atoms with Crippen LogP contribution in [0.4, 0.5) is 10.1 Å². The fraction of sp³-hybridized carbons (Fsp3) is 0. The van der Waals surface area contributed by atoms with E-state index in [0.717, 1.165) is 10.8 Å². The minimum absolute atomic E-state index is 0.207. The lowest BCUT2D eigenvalue weighted by molar-refractivity contribution is 0.102. The third kappa shape index (κ3) is 3.50. The quantitative estimate of drug-likeness (QED) is 0.524. The molecule has 0 atom stereocenters. The zero-order chi connectivity index (χ0) is 18.8. The highest BCUT2D eigenvalue weighted by Crippen LogP contribution is 2.28. The van der Waals surface area contributed by atoms with Crippen molar-refractivity contribution in [1.82, 2.24) is 9.97 Å². The molecule has 132 valence electrons. The van der Waals surface area contributed by atoms with E-state index in [4.69, 9.17) is 11.6 Å². The van der Waals surface area contributed by atoms with Gasteiger partial charge >= 0.3 is 0 Å². The van der Waals surface area contributed by atoms with Gasteiger partial charge < -0.3 is 5.32 Å². The molecule has 0 aliphatic carbocycles. The zero-order valence-electron chi connectivity index (χ0n) is 14.0. The molecule has 6 heteroatoms. The number of nitrogens with one attached hydrogen (secondary N) is 1. The fourth-order valence-electron chi connectivity index (χ4n) is 2.80. The number of anilines is 1. The molecule has 2 aromatic heterocycles. The summed E-state index contributed by atoms with van der Waals surface area (Å²) in [6.07, 6.45) is 4.97. The minimum atomic E-state index is -0.562. The maximum atomic E-state index is 14.5. The van der Waals surface area contributed by atoms with Crippen LogP contribution in [0.15, 0.2) is 73.2 Å². The van der Waals surface area contributed by atoms with Crippen molar-refractivity contribution in [3.63, 3.8) is 0 Å². The Balaban J connectivity index is 1.60. The maximum Gasteiger partial charge on any atom is 0.255 e. The number of carbonyl (C=O) groups is 1. The van der Waals surface area contributed by atoms with E-state index < -0.39 is 11.7 Å². The number of hydrogen-bond acceptors (Lipinski definition) is 3. The van der Waals surface area contributed by atoms with Gasteiger partial charge in [0.15, 0.2) is 0 Å². The van der Waals surface area contributed by atoms with Gasteiger partial charge in [-0.25, -0.2) is 4.39 Å². The first-order valence-corrected chi connectivity index (χ1v) is 8.55. The van der Waals surface area contributed by atoms with E-state index in [-0.39, 0.29) is 11.1 Å². The lowest BCUT2D eigenvalue weighted by Crippen LogP contribution is -2.12. The maximum absolute atomic E-state index is 14.5. The number of carbonyl (C=O) groups excluding carboxylic acids is 1. The molecule has 27 heavy (non-hydrogen) atoms. The standard InChI is InChI=1S/C21H13ClFN3O/c22-18-2-1-8-25-20(18)17-6-4-14(11-19(17)23)21(27)26-16-5-3-15-12-24-9-7-13(15)10-16/h1-12H,(H,26,27). The monoisotopic (exact) mass is 377 g/mol. The Bertz CT molecular complexity index is 1160. The Hall–Kier alpha value is -3.31. The van der Waals surface area contributed by atoms with Gasteiger partial charge in [0, 0.05) is 40.8 Å². The van der Waals surface area contributed by atoms with E-state index >= 15 is 0 Å². The van der Waals surface area contributed by atoms with Crippen LogP contribution in [0, 0.1) is 5.82 Å². The number of aromatic nitrogens is 2. The molecule has 0 saturated carbocycles. The van der Waals surface area contributed by atoms with Gasteiger partial charge in [0.1, 0.15) is 5.82 Å². The highest BCUT2D eigenvalue weighted by Gasteiger charge is 2.14. The molecular weight excluding hydrogens is 365 g/mol. The van der Waals surface area contributed by atoms with E-state index in [1.165, 1.54) is 18.3 Å². The van der Waals surface area contributed by atoms with Crippen LogP contribution in [0.2, 0.25) is 5.02 Å². The van der Waals surface area contributed by atoms with Crippen LogP contribution in [-0.2, 0) is 0 Å². The molecule has 4 nitrogen and oxygen atoms in total. The summed E-state index contributed by atoms with van der Waals surface area (Å²) in [5, 5.41) is 5.05. The van der Waals surface area contributed by atoms with Crippen molar-refractivity contribution in [1.29, 1.82) is 0 Å². The van der Waals surface area contributed by atoms with Crippen LogP contribution in [0.5, 0.6) is 0 Å². The summed E-state index contributed by atoms with van der Waals surface area (Å²) in [6.45, 7) is 0. The Morgan fingerprint density at radius 3 is 2.70 bits per heavy atom. The molecule has 0 radical (unpaired) electrons. The second-order valence-corrected chi connectivity index (χ2v) is 6.33. The highest BCUT2D eigenvalue weighted by atomic mass is 35.5. The molecule has 0 aliphatic rings. The smallest absolute Gasteiger partial charge is 0.255 e. The van der Waals surface area contributed by atoms with Crippen molar-refractivity contribution >= 4 is 34.0 Å². The molecule has 0 aliphatic heterocycles. The van der Waals surface area contributed by atoms with E-state index in [1.54, 1.807) is 36.7 Å². The number of nitrogens with zero attached hydrogens (tertiary/aromatic N) is 2. The predicted molar refractivity (Wildman–Crippen MR) is 104 cm³/mol. The van der Waals surface area contributed by atoms with Crippen molar-refractivity contribution < 1.29 is 9.18 Å². The predicted octanol–water partition coefficient (Wildman–Crippen LogP) is 5.34. The van der Waals surface area contributed by atoms with E-state index in [1.807, 2.05) is 18.2 Å². The molecule has 0 saturated heterocycles. The summed E-state index contributed by atoms with van der Waals surface area (Å²) in [7, 11) is 0. The number of amides is 1. The van der Waals surface area contributed by atoms with Gasteiger partial charge in [-0.1, -0.05) is 17.7 Å². The number of hydrogen-bond donors (Lipinski definition) is 1. The minimum Gasteiger partial charge on any atom is -0.322 e. The summed E-state index contributed by atoms with van der Waals surface area (Å²) in [5.41, 5.74) is 1.41. The van der Waals surface area contributed by atoms with Crippen molar-refractivity contribution in [2.45, 2.75) is 0 Å². The molecule has 1 N–H and O–H groups in total. The first-order valence-electron chi connectivity index (χ1n) is 8.17. The van der Waals surface area contributed by atoms with E-state index in [0.29, 0.717) is 16.4 Å². The number of pyridine rings is 2. The average molecular weight is 378 g/mol. The van der Waals surface area contributed by atoms with Gasteiger partial charge in [0.05, 0.1) is 10.7 Å². The van der Waals surface area contributed by atoms with Gasteiger partial charge in [-0.2, -0.15) is 0 Å². The van der Waals surface area contributed by atoms with Crippen molar-refractivity contribution in [2.24, 2.45) is 0 Å². The third-order valence-electron chi connectivity index (χ3n) is 4.14. The van der Waals surface area contributed by atoms with Gasteiger partial charge in [-0.3, -0.25) is 14.8 Å². The molecule has 1 amide bonds. The van der Waals surface area contributed by atoms with Gasteiger partial charge in [-0.15, -0.1) is 0 Å². The van der Waals surface area contributed by atoms with E-state index in [9.17, 15) is 9.18 Å². The van der Waals surface area contributed by atoms with Gasteiger partial charge in [0.25, 0.3) is 5.91 Å². The van der Waals surface area contributed by atoms with Crippen LogP contribution in [0.1, 0.15) is 10.4 Å². The highest BCUT2D eigenvalue weighted by molar-refractivity contribution is 6.33. The number of benzene rings is 2. The van der Waals surface area contributed by atoms with Crippen molar-refractivity contribution in [3.05, 3.63) is 89.6 Å². The summed E-state index contributed by atoms with van der Waals surface area (Å²) >= 11 is 6.08. The lowest BCUT2D eigenvalue weighted by Gasteiger charge is -2.09. The Labute approximate surface area is 159 Å². The average Bonchev–Trinajstić information content (AvgIpc) is 2.68. The van der Waals surface area contributed by atoms with Crippen LogP contribution in [-0.4, -0.2) is 15.9 Å². The van der Waals surface area contributed by atoms with Gasteiger partial charge in [0.2, 0.25) is 0 Å². The second kappa shape index (κ2) is 7.13. The normalized spacial score (nSPS) is 10.7. The summed E-state index contributed by atoms with van der Waals surface area (Å²) in [5.74, 6) is -0.964. The van der Waals surface area contributed by atoms with Crippen LogP contribution < -0.4 is 5.32 Å². The summed E-state index contributed by atoms with van der Waals surface area (Å²) in [4.78, 5) is 20.6. The topological polar surface area (TPSA) is 54.9 Å². The molecule has 0 unspecified atom stereocenters. The van der Waals surface area contributed by atoms with Crippen molar-refractivity contribution in [3.8, 4) is 11.3 Å². The third-order valence-corrected chi connectivity index (χ3v) is 4.45. The van der Waals surface area contributed by atoms with Crippen molar-refractivity contribution in [2.75, 3.05) is 5.32 Å². The Kier molecular flexibility index (Phi) is 4.52. The Morgan fingerprint density at radius 1 is 1.00 bits per heavy atom. The van der Waals surface area contributed by atoms with Crippen LogP contribution >= 0.6 is 11.6 Å². The number of fused-ring (bicyclic) bond motifs is 1. The summed E-state index contributed by atoms with van der Waals surface area (Å²) < 4.78 is 14.5. The number of halogens is 2. The molecule has 2 aromatic carbocycles. The van der Waals surface area contributed by atoms with Crippen LogP contribution in [0.25, 0.3) is 22.0 Å². The SMILES string of the molecule is O=C(Nc1ccc2cnccc2c1)c1ccc(-c2ncccc2Cl)c(F)c1. The van der Waals surface area contributed by atoms with E-state index in [2.05, 4.69) is 15.3 Å². The Morgan fingerprint density at radius 2 is 1.89 bits per heavy atom. The first kappa shape index (κ1) is 17.1. The van der Waals surface area contributed by atoms with Crippen LogP contribution in [0.3, 0.4) is 0 Å². The molecule has 2 heterocycles. The number of rotatable bonds is 3. The summed E-state index contributed by atoms with van der Waals surface area (Å²) in [6, 6.07) is 14.9. The molecule has 4 rings (SSSR count). The lowest BCUT2D eigenvalue weighted by atomic mass is 10.1.